The van der Waals surface area contributed by atoms with Gasteiger partial charge in [0.1, 0.15) is 5.82 Å². The number of H-pyrrole nitrogens is 2. The molecule has 0 amide bonds. The maximum absolute atomic E-state index is 4.17. The molecule has 0 saturated heterocycles. The minimum absolute atomic E-state index is 0.767. The average molecular weight is 269 g/mol. The number of hydrogen-bond donors (Lipinski definition) is 3. The molecule has 1 aromatic carbocycles. The molecule has 3 N–H and O–H groups in total. The van der Waals surface area contributed by atoms with Crippen LogP contribution in [0.2, 0.25) is 0 Å². The molecule has 0 bridgehead atoms. The number of hydrogen-bond acceptors (Lipinski definition) is 3. The monoisotopic (exact) mass is 269 g/mol. The molecule has 0 aliphatic heterocycles. The SMILES string of the molecule is CCNc1[nH]c2ccc(C)c(C)c2c1Cc1cn[nH]n1. The fraction of sp³-hybridized carbons (Fsp3) is 0.333. The Kier molecular flexibility index (Phi) is 3.18. The van der Waals surface area contributed by atoms with E-state index in [0.29, 0.717) is 0 Å². The molecular formula is C15H19N5. The van der Waals surface area contributed by atoms with E-state index < -0.39 is 0 Å². The van der Waals surface area contributed by atoms with Gasteiger partial charge in [-0.05, 0) is 38.0 Å². The first-order valence-electron chi connectivity index (χ1n) is 6.90. The molecule has 3 aromatic rings. The van der Waals surface area contributed by atoms with Crippen LogP contribution in [0.3, 0.4) is 0 Å². The number of aryl methyl sites for hydroxylation is 2. The van der Waals surface area contributed by atoms with E-state index >= 15 is 0 Å². The van der Waals surface area contributed by atoms with Crippen LogP contribution in [0.5, 0.6) is 0 Å². The van der Waals surface area contributed by atoms with Gasteiger partial charge in [-0.2, -0.15) is 15.4 Å². The number of anilines is 1. The molecular weight excluding hydrogens is 250 g/mol. The van der Waals surface area contributed by atoms with Crippen molar-refractivity contribution in [3.05, 3.63) is 40.7 Å². The van der Waals surface area contributed by atoms with Crippen molar-refractivity contribution in [2.75, 3.05) is 11.9 Å². The maximum atomic E-state index is 4.17. The molecule has 104 valence electrons. The molecule has 0 spiro atoms. The summed E-state index contributed by atoms with van der Waals surface area (Å²) in [6.45, 7) is 7.31. The van der Waals surface area contributed by atoms with Crippen LogP contribution in [0.1, 0.15) is 29.3 Å². The molecule has 0 saturated carbocycles. The molecule has 0 aliphatic rings. The van der Waals surface area contributed by atoms with Crippen molar-refractivity contribution in [3.63, 3.8) is 0 Å². The molecule has 0 unspecified atom stereocenters. The molecule has 0 atom stereocenters. The van der Waals surface area contributed by atoms with Crippen molar-refractivity contribution in [1.82, 2.24) is 20.4 Å². The van der Waals surface area contributed by atoms with Gasteiger partial charge in [0, 0.05) is 29.4 Å². The summed E-state index contributed by atoms with van der Waals surface area (Å²) in [5, 5.41) is 15.4. The lowest BCUT2D eigenvalue weighted by molar-refractivity contribution is 0.916. The Labute approximate surface area is 117 Å². The van der Waals surface area contributed by atoms with Crippen LogP contribution in [0.25, 0.3) is 10.9 Å². The first kappa shape index (κ1) is 12.7. The minimum Gasteiger partial charge on any atom is -0.372 e. The van der Waals surface area contributed by atoms with Gasteiger partial charge in [-0.1, -0.05) is 6.07 Å². The van der Waals surface area contributed by atoms with Crippen LogP contribution < -0.4 is 5.32 Å². The fourth-order valence-electron chi connectivity index (χ4n) is 2.64. The van der Waals surface area contributed by atoms with Crippen LogP contribution in [-0.4, -0.2) is 26.9 Å². The summed E-state index contributed by atoms with van der Waals surface area (Å²) in [6.07, 6.45) is 2.54. The third-order valence-corrected chi connectivity index (χ3v) is 3.78. The normalized spacial score (nSPS) is 11.2. The van der Waals surface area contributed by atoms with Gasteiger partial charge in [0.15, 0.2) is 0 Å². The predicted molar refractivity (Wildman–Crippen MR) is 81.1 cm³/mol. The summed E-state index contributed by atoms with van der Waals surface area (Å²) in [5.41, 5.74) is 6.01. The number of benzene rings is 1. The Morgan fingerprint density at radius 3 is 2.80 bits per heavy atom. The largest absolute Gasteiger partial charge is 0.372 e. The fourth-order valence-corrected chi connectivity index (χ4v) is 2.64. The molecule has 2 aromatic heterocycles. The standard InChI is InChI=1S/C15H19N5/c1-4-16-15-12(7-11-8-17-20-19-11)14-10(3)9(2)5-6-13(14)18-15/h5-6,8,16,18H,4,7H2,1-3H3,(H,17,19,20). The van der Waals surface area contributed by atoms with Gasteiger partial charge in [0.25, 0.3) is 0 Å². The summed E-state index contributed by atoms with van der Waals surface area (Å²) in [4.78, 5) is 3.48. The van der Waals surface area contributed by atoms with Crippen LogP contribution >= 0.6 is 0 Å². The molecule has 0 aliphatic carbocycles. The second-order valence-electron chi connectivity index (χ2n) is 5.08. The highest BCUT2D eigenvalue weighted by Crippen LogP contribution is 2.32. The van der Waals surface area contributed by atoms with E-state index in [-0.39, 0.29) is 0 Å². The van der Waals surface area contributed by atoms with Gasteiger partial charge in [-0.25, -0.2) is 0 Å². The molecule has 3 rings (SSSR count). The van der Waals surface area contributed by atoms with Crippen LogP contribution in [0.15, 0.2) is 18.3 Å². The van der Waals surface area contributed by atoms with Gasteiger partial charge in [0.05, 0.1) is 11.9 Å². The number of fused-ring (bicyclic) bond motifs is 1. The molecule has 0 radical (unpaired) electrons. The number of nitrogens with one attached hydrogen (secondary N) is 3. The smallest absolute Gasteiger partial charge is 0.107 e. The average Bonchev–Trinajstić information content (AvgIpc) is 3.04. The van der Waals surface area contributed by atoms with Gasteiger partial charge in [-0.3, -0.25) is 0 Å². The van der Waals surface area contributed by atoms with Gasteiger partial charge >= 0.3 is 0 Å². The Morgan fingerprint density at radius 2 is 2.10 bits per heavy atom. The molecule has 20 heavy (non-hydrogen) atoms. The third-order valence-electron chi connectivity index (χ3n) is 3.78. The van der Waals surface area contributed by atoms with Crippen LogP contribution in [-0.2, 0) is 6.42 Å². The summed E-state index contributed by atoms with van der Waals surface area (Å²) in [6, 6.07) is 4.30. The summed E-state index contributed by atoms with van der Waals surface area (Å²) < 4.78 is 0. The van der Waals surface area contributed by atoms with E-state index in [4.69, 9.17) is 0 Å². The van der Waals surface area contributed by atoms with Crippen LogP contribution in [0, 0.1) is 13.8 Å². The number of nitrogens with zero attached hydrogens (tertiary/aromatic N) is 2. The quantitative estimate of drug-likeness (QED) is 0.682. The second-order valence-corrected chi connectivity index (χ2v) is 5.08. The maximum Gasteiger partial charge on any atom is 0.107 e. The van der Waals surface area contributed by atoms with E-state index in [0.717, 1.165) is 24.5 Å². The van der Waals surface area contributed by atoms with Gasteiger partial charge in [-0.15, -0.1) is 0 Å². The van der Waals surface area contributed by atoms with Gasteiger partial charge < -0.3 is 10.3 Å². The van der Waals surface area contributed by atoms with E-state index in [1.54, 1.807) is 6.20 Å². The molecule has 5 nitrogen and oxygen atoms in total. The minimum atomic E-state index is 0.767. The number of aromatic amines is 2. The lowest BCUT2D eigenvalue weighted by Crippen LogP contribution is -2.01. The third kappa shape index (κ3) is 2.05. The Balaban J connectivity index is 2.19. The first-order chi connectivity index (χ1) is 9.70. The van der Waals surface area contributed by atoms with E-state index in [1.165, 1.54) is 27.6 Å². The number of rotatable bonds is 4. The Bertz CT molecular complexity index is 724. The highest BCUT2D eigenvalue weighted by molar-refractivity contribution is 5.92. The highest BCUT2D eigenvalue weighted by atomic mass is 15.3. The first-order valence-corrected chi connectivity index (χ1v) is 6.90. The van der Waals surface area contributed by atoms with Crippen molar-refractivity contribution in [2.45, 2.75) is 27.2 Å². The van der Waals surface area contributed by atoms with Crippen LogP contribution in [0.4, 0.5) is 5.82 Å². The lowest BCUT2D eigenvalue weighted by Gasteiger charge is -2.06. The van der Waals surface area contributed by atoms with Crippen molar-refractivity contribution in [2.24, 2.45) is 0 Å². The summed E-state index contributed by atoms with van der Waals surface area (Å²) in [5.74, 6) is 1.08. The zero-order valence-electron chi connectivity index (χ0n) is 12.0. The second kappa shape index (κ2) is 5.00. The lowest BCUT2D eigenvalue weighted by atomic mass is 10.00. The van der Waals surface area contributed by atoms with Crippen molar-refractivity contribution < 1.29 is 0 Å². The van der Waals surface area contributed by atoms with Gasteiger partial charge in [0.2, 0.25) is 0 Å². The van der Waals surface area contributed by atoms with E-state index in [1.807, 2.05) is 0 Å². The van der Waals surface area contributed by atoms with Crippen molar-refractivity contribution in [3.8, 4) is 0 Å². The Hall–Kier alpha value is -2.30. The topological polar surface area (TPSA) is 69.4 Å². The zero-order chi connectivity index (χ0) is 14.1. The summed E-state index contributed by atoms with van der Waals surface area (Å²) in [7, 11) is 0. The Morgan fingerprint density at radius 1 is 1.25 bits per heavy atom. The van der Waals surface area contributed by atoms with Crippen molar-refractivity contribution in [1.29, 1.82) is 0 Å². The molecule has 5 heteroatoms. The molecule has 2 heterocycles. The highest BCUT2D eigenvalue weighted by Gasteiger charge is 2.15. The van der Waals surface area contributed by atoms with E-state index in [2.05, 4.69) is 58.6 Å². The van der Waals surface area contributed by atoms with Crippen molar-refractivity contribution >= 4 is 16.7 Å². The molecule has 0 fully saturated rings. The van der Waals surface area contributed by atoms with E-state index in [9.17, 15) is 0 Å². The zero-order valence-corrected chi connectivity index (χ0v) is 12.0. The number of aromatic nitrogens is 4. The predicted octanol–water partition coefficient (Wildman–Crippen LogP) is 2.93. The summed E-state index contributed by atoms with van der Waals surface area (Å²) >= 11 is 0.